The number of ether oxygens (including phenoxy) is 1. The number of hydrogen-bond donors (Lipinski definition) is 1. The number of aromatic nitrogens is 1. The fraction of sp³-hybridized carbons (Fsp3) is 0.250. The second kappa shape index (κ2) is 7.40. The van der Waals surface area contributed by atoms with Crippen LogP contribution in [0.1, 0.15) is 16.8 Å². The van der Waals surface area contributed by atoms with Gasteiger partial charge in [-0.05, 0) is 30.7 Å². The number of hydrogen-bond acceptors (Lipinski definition) is 3. The Bertz CT molecular complexity index is 713. The lowest BCUT2D eigenvalue weighted by Gasteiger charge is -2.08. The van der Waals surface area contributed by atoms with Crippen molar-refractivity contribution < 1.29 is 13.9 Å². The number of nitrogens with one attached hydrogen (secondary N) is 1. The molecule has 1 amide bonds. The molecule has 0 saturated carbocycles. The molecule has 1 heterocycles. The third-order valence-corrected chi connectivity index (χ3v) is 3.17. The van der Waals surface area contributed by atoms with Crippen molar-refractivity contribution in [2.75, 3.05) is 13.7 Å². The van der Waals surface area contributed by atoms with Crippen LogP contribution in [0.4, 0.5) is 4.39 Å². The second-order valence-electron chi connectivity index (χ2n) is 4.69. The van der Waals surface area contributed by atoms with E-state index in [9.17, 15) is 14.0 Å². The quantitative estimate of drug-likeness (QED) is 0.828. The lowest BCUT2D eigenvalue weighted by molar-refractivity contribution is 0.0952. The molecule has 5 nitrogen and oxygen atoms in total. The van der Waals surface area contributed by atoms with Crippen LogP contribution in [0, 0.1) is 5.82 Å². The van der Waals surface area contributed by atoms with Crippen LogP contribution in [0.25, 0.3) is 0 Å². The van der Waals surface area contributed by atoms with E-state index in [1.165, 1.54) is 25.3 Å². The lowest BCUT2D eigenvalue weighted by Crippen LogP contribution is -2.26. The molecule has 0 saturated heterocycles. The summed E-state index contributed by atoms with van der Waals surface area (Å²) >= 11 is 0. The Balaban J connectivity index is 1.84. The van der Waals surface area contributed by atoms with Crippen molar-refractivity contribution in [3.05, 3.63) is 64.3 Å². The third-order valence-electron chi connectivity index (χ3n) is 3.17. The van der Waals surface area contributed by atoms with Gasteiger partial charge in [-0.1, -0.05) is 6.07 Å². The number of benzene rings is 1. The molecule has 0 bridgehead atoms. The minimum absolute atomic E-state index is 0.0777. The van der Waals surface area contributed by atoms with Gasteiger partial charge in [-0.2, -0.15) is 0 Å². The molecule has 1 aromatic carbocycles. The summed E-state index contributed by atoms with van der Waals surface area (Å²) in [5, 5.41) is 2.69. The van der Waals surface area contributed by atoms with Gasteiger partial charge >= 0.3 is 0 Å². The molecule has 0 spiro atoms. The molecule has 0 radical (unpaired) electrons. The second-order valence-corrected chi connectivity index (χ2v) is 4.69. The van der Waals surface area contributed by atoms with Gasteiger partial charge in [0.25, 0.3) is 5.91 Å². The van der Waals surface area contributed by atoms with E-state index in [-0.39, 0.29) is 22.8 Å². The van der Waals surface area contributed by atoms with Crippen molar-refractivity contribution >= 4 is 5.91 Å². The molecule has 0 fully saturated rings. The molecule has 1 N–H and O–H groups in total. The predicted molar refractivity (Wildman–Crippen MR) is 80.6 cm³/mol. The van der Waals surface area contributed by atoms with Crippen molar-refractivity contribution in [1.29, 1.82) is 0 Å². The summed E-state index contributed by atoms with van der Waals surface area (Å²) in [5.74, 6) is -0.840. The highest BCUT2D eigenvalue weighted by Gasteiger charge is 2.09. The zero-order chi connectivity index (χ0) is 15.9. The average Bonchev–Trinajstić information content (AvgIpc) is 2.52. The Morgan fingerprint density at radius 3 is 2.82 bits per heavy atom. The molecule has 0 aliphatic carbocycles. The smallest absolute Gasteiger partial charge is 0.251 e. The summed E-state index contributed by atoms with van der Waals surface area (Å²) in [4.78, 5) is 23.4. The zero-order valence-corrected chi connectivity index (χ0v) is 12.2. The van der Waals surface area contributed by atoms with Crippen LogP contribution in [0.3, 0.4) is 0 Å². The monoisotopic (exact) mass is 304 g/mol. The van der Waals surface area contributed by atoms with Crippen LogP contribution in [-0.2, 0) is 6.54 Å². The number of amides is 1. The Morgan fingerprint density at radius 1 is 1.32 bits per heavy atom. The van der Waals surface area contributed by atoms with Crippen molar-refractivity contribution in [3.63, 3.8) is 0 Å². The van der Waals surface area contributed by atoms with Crippen molar-refractivity contribution in [3.8, 4) is 5.75 Å². The minimum atomic E-state index is -0.578. The first-order valence-corrected chi connectivity index (χ1v) is 6.89. The largest absolute Gasteiger partial charge is 0.494 e. The minimum Gasteiger partial charge on any atom is -0.494 e. The van der Waals surface area contributed by atoms with E-state index in [0.717, 1.165) is 6.07 Å². The summed E-state index contributed by atoms with van der Waals surface area (Å²) in [7, 11) is 1.36. The number of rotatable bonds is 6. The normalized spacial score (nSPS) is 10.3. The van der Waals surface area contributed by atoms with Gasteiger partial charge in [-0.3, -0.25) is 9.59 Å². The fourth-order valence-corrected chi connectivity index (χ4v) is 2.01. The van der Waals surface area contributed by atoms with E-state index in [4.69, 9.17) is 4.74 Å². The topological polar surface area (TPSA) is 60.3 Å². The van der Waals surface area contributed by atoms with E-state index in [1.807, 2.05) is 0 Å². The third kappa shape index (κ3) is 3.94. The van der Waals surface area contributed by atoms with Crippen LogP contribution < -0.4 is 15.6 Å². The first-order valence-electron chi connectivity index (χ1n) is 6.89. The highest BCUT2D eigenvalue weighted by molar-refractivity contribution is 5.94. The van der Waals surface area contributed by atoms with Crippen LogP contribution in [0.15, 0.2) is 47.4 Å². The number of methoxy groups -OCH3 is 1. The Hall–Kier alpha value is -2.63. The van der Waals surface area contributed by atoms with E-state index in [2.05, 4.69) is 5.32 Å². The number of aryl methyl sites for hydroxylation is 1. The van der Waals surface area contributed by atoms with Crippen LogP contribution >= 0.6 is 0 Å². The van der Waals surface area contributed by atoms with Gasteiger partial charge < -0.3 is 14.6 Å². The average molecular weight is 304 g/mol. The number of pyridine rings is 1. The van der Waals surface area contributed by atoms with Crippen LogP contribution in [0.5, 0.6) is 5.75 Å². The SMILES string of the molecule is COc1ccc(C(=O)NCCCn2ccccc2=O)cc1F. The Labute approximate surface area is 127 Å². The van der Waals surface area contributed by atoms with Gasteiger partial charge in [-0.25, -0.2) is 4.39 Å². The number of carbonyl (C=O) groups is 1. The van der Waals surface area contributed by atoms with Crippen LogP contribution in [0.2, 0.25) is 0 Å². The molecule has 0 aliphatic heterocycles. The van der Waals surface area contributed by atoms with E-state index in [1.54, 1.807) is 22.9 Å². The summed E-state index contributed by atoms with van der Waals surface area (Å²) in [6.45, 7) is 0.907. The number of nitrogens with zero attached hydrogens (tertiary/aromatic N) is 1. The highest BCUT2D eigenvalue weighted by Crippen LogP contribution is 2.17. The molecule has 22 heavy (non-hydrogen) atoms. The van der Waals surface area contributed by atoms with Crippen LogP contribution in [-0.4, -0.2) is 24.1 Å². The maximum atomic E-state index is 13.5. The maximum Gasteiger partial charge on any atom is 0.251 e. The molecule has 0 atom stereocenters. The van der Waals surface area contributed by atoms with Crippen molar-refractivity contribution in [1.82, 2.24) is 9.88 Å². The molecule has 6 heteroatoms. The first-order chi connectivity index (χ1) is 10.6. The van der Waals surface area contributed by atoms with Gasteiger partial charge in [0.2, 0.25) is 5.56 Å². The molecule has 0 unspecified atom stereocenters. The summed E-state index contributed by atoms with van der Waals surface area (Å²) in [6, 6.07) is 8.99. The Kier molecular flexibility index (Phi) is 5.30. The zero-order valence-electron chi connectivity index (χ0n) is 12.2. The van der Waals surface area contributed by atoms with Gasteiger partial charge in [0, 0.05) is 30.9 Å². The van der Waals surface area contributed by atoms with Gasteiger partial charge in [-0.15, -0.1) is 0 Å². The van der Waals surface area contributed by atoms with Crippen molar-refractivity contribution in [2.24, 2.45) is 0 Å². The molecule has 116 valence electrons. The van der Waals surface area contributed by atoms with E-state index >= 15 is 0 Å². The summed E-state index contributed by atoms with van der Waals surface area (Å²) in [6.07, 6.45) is 2.30. The predicted octanol–water partition coefficient (Wildman–Crippen LogP) is 1.82. The lowest BCUT2D eigenvalue weighted by atomic mass is 10.2. The van der Waals surface area contributed by atoms with Gasteiger partial charge in [0.1, 0.15) is 0 Å². The summed E-state index contributed by atoms with van der Waals surface area (Å²) in [5.41, 5.74) is 0.154. The molecular formula is C16H17FN2O3. The van der Waals surface area contributed by atoms with E-state index in [0.29, 0.717) is 19.5 Å². The van der Waals surface area contributed by atoms with E-state index < -0.39 is 5.82 Å². The maximum absolute atomic E-state index is 13.5. The first kappa shape index (κ1) is 15.8. The molecule has 2 rings (SSSR count). The highest BCUT2D eigenvalue weighted by atomic mass is 19.1. The van der Waals surface area contributed by atoms with Crippen molar-refractivity contribution in [2.45, 2.75) is 13.0 Å². The fourth-order valence-electron chi connectivity index (χ4n) is 2.01. The standard InChI is InChI=1S/C16H17FN2O3/c1-22-14-7-6-12(11-13(14)17)16(21)18-8-4-10-19-9-3-2-5-15(19)20/h2-3,5-7,9,11H,4,8,10H2,1H3,(H,18,21). The molecule has 0 aliphatic rings. The Morgan fingerprint density at radius 2 is 2.14 bits per heavy atom. The molecule has 2 aromatic rings. The summed E-state index contributed by atoms with van der Waals surface area (Å²) < 4.78 is 19.9. The number of carbonyl (C=O) groups excluding carboxylic acids is 1. The van der Waals surface area contributed by atoms with Gasteiger partial charge in [0.05, 0.1) is 7.11 Å². The molecule has 1 aromatic heterocycles. The van der Waals surface area contributed by atoms with Gasteiger partial charge in [0.15, 0.2) is 11.6 Å². The molecular weight excluding hydrogens is 287 g/mol. The number of halogens is 1.